The van der Waals surface area contributed by atoms with Gasteiger partial charge in [0.2, 0.25) is 0 Å². The van der Waals surface area contributed by atoms with E-state index in [0.29, 0.717) is 4.77 Å². The van der Waals surface area contributed by atoms with Gasteiger partial charge in [0.25, 0.3) is 0 Å². The zero-order valence-electron chi connectivity index (χ0n) is 12.1. The number of anilines is 1. The number of halogens is 1. The Hall–Kier alpha value is -2.14. The molecule has 3 rings (SSSR count). The van der Waals surface area contributed by atoms with Gasteiger partial charge in [-0.25, -0.2) is 4.39 Å². The van der Waals surface area contributed by atoms with Crippen molar-refractivity contribution in [1.82, 2.24) is 9.55 Å². The highest BCUT2D eigenvalue weighted by molar-refractivity contribution is 7.71. The van der Waals surface area contributed by atoms with Crippen molar-refractivity contribution in [2.45, 2.75) is 6.92 Å². The molecule has 1 heterocycles. The maximum Gasteiger partial charge on any atom is 0.182 e. The first-order chi connectivity index (χ1) is 9.97. The number of hydrogen-bond acceptors (Lipinski definition) is 2. The quantitative estimate of drug-likeness (QED) is 0.717. The van der Waals surface area contributed by atoms with Crippen LogP contribution in [-0.4, -0.2) is 23.6 Å². The van der Waals surface area contributed by atoms with Gasteiger partial charge < -0.3 is 9.88 Å². The predicted molar refractivity (Wildman–Crippen MR) is 87.5 cm³/mol. The van der Waals surface area contributed by atoms with E-state index in [1.54, 1.807) is 6.07 Å². The van der Waals surface area contributed by atoms with Crippen molar-refractivity contribution in [1.29, 1.82) is 0 Å². The number of nitrogens with zero attached hydrogens (tertiary/aromatic N) is 2. The summed E-state index contributed by atoms with van der Waals surface area (Å²) in [6.45, 7) is 2.06. The van der Waals surface area contributed by atoms with Gasteiger partial charge in [0.1, 0.15) is 5.82 Å². The molecule has 0 fully saturated rings. The van der Waals surface area contributed by atoms with Crippen LogP contribution in [0, 0.1) is 17.5 Å². The minimum atomic E-state index is -0.273. The Morgan fingerprint density at radius 3 is 2.62 bits per heavy atom. The number of aromatic nitrogens is 2. The maximum absolute atomic E-state index is 13.5. The first-order valence-electron chi connectivity index (χ1n) is 6.66. The highest BCUT2D eigenvalue weighted by Gasteiger charge is 2.10. The molecule has 0 amide bonds. The third-order valence-electron chi connectivity index (χ3n) is 3.58. The SMILES string of the molecule is Cc1ccc(-n2c(=S)[nH]c3ccc(F)cc32)cc1N(C)C. The molecule has 0 unspecified atom stereocenters. The number of rotatable bonds is 2. The summed E-state index contributed by atoms with van der Waals surface area (Å²) in [5.41, 5.74) is 4.79. The second-order valence-electron chi connectivity index (χ2n) is 5.29. The van der Waals surface area contributed by atoms with Crippen molar-refractivity contribution in [2.75, 3.05) is 19.0 Å². The summed E-state index contributed by atoms with van der Waals surface area (Å²) in [7, 11) is 4.00. The highest BCUT2D eigenvalue weighted by atomic mass is 32.1. The highest BCUT2D eigenvalue weighted by Crippen LogP contribution is 2.25. The van der Waals surface area contributed by atoms with Gasteiger partial charge in [0, 0.05) is 25.8 Å². The van der Waals surface area contributed by atoms with Gasteiger partial charge >= 0.3 is 0 Å². The molecule has 1 aromatic heterocycles. The van der Waals surface area contributed by atoms with E-state index >= 15 is 0 Å². The number of H-pyrrole nitrogens is 1. The first-order valence-corrected chi connectivity index (χ1v) is 7.07. The third-order valence-corrected chi connectivity index (χ3v) is 3.86. The second kappa shape index (κ2) is 5.00. The van der Waals surface area contributed by atoms with E-state index in [-0.39, 0.29) is 5.82 Å². The molecule has 3 nitrogen and oxygen atoms in total. The van der Waals surface area contributed by atoms with Gasteiger partial charge in [-0.15, -0.1) is 0 Å². The van der Waals surface area contributed by atoms with Crippen LogP contribution in [0.1, 0.15) is 5.56 Å². The number of aromatic amines is 1. The van der Waals surface area contributed by atoms with Crippen LogP contribution >= 0.6 is 12.2 Å². The van der Waals surface area contributed by atoms with Crippen LogP contribution < -0.4 is 4.90 Å². The summed E-state index contributed by atoms with van der Waals surface area (Å²) >= 11 is 5.39. The third kappa shape index (κ3) is 2.34. The van der Waals surface area contributed by atoms with Crippen molar-refractivity contribution in [3.8, 4) is 5.69 Å². The minimum absolute atomic E-state index is 0.273. The van der Waals surface area contributed by atoms with Crippen LogP contribution in [0.5, 0.6) is 0 Å². The Balaban J connectivity index is 2.30. The lowest BCUT2D eigenvalue weighted by Gasteiger charge is -2.17. The van der Waals surface area contributed by atoms with E-state index in [9.17, 15) is 4.39 Å². The molecule has 0 bridgehead atoms. The molecular weight excluding hydrogens is 285 g/mol. The number of nitrogens with one attached hydrogen (secondary N) is 1. The number of benzene rings is 2. The predicted octanol–water partition coefficient (Wildman–Crippen LogP) is 4.20. The van der Waals surface area contributed by atoms with Crippen molar-refractivity contribution in [3.05, 3.63) is 52.5 Å². The largest absolute Gasteiger partial charge is 0.377 e. The minimum Gasteiger partial charge on any atom is -0.377 e. The fraction of sp³-hybridized carbons (Fsp3) is 0.188. The molecule has 0 saturated heterocycles. The van der Waals surface area contributed by atoms with Gasteiger partial charge in [-0.3, -0.25) is 4.57 Å². The van der Waals surface area contributed by atoms with Crippen LogP contribution in [0.25, 0.3) is 16.7 Å². The van der Waals surface area contributed by atoms with Crippen LogP contribution in [0.3, 0.4) is 0 Å². The average molecular weight is 301 g/mol. The average Bonchev–Trinajstić information content (AvgIpc) is 2.74. The van der Waals surface area contributed by atoms with Crippen molar-refractivity contribution in [3.63, 3.8) is 0 Å². The lowest BCUT2D eigenvalue weighted by Crippen LogP contribution is -2.11. The summed E-state index contributed by atoms with van der Waals surface area (Å²) in [6, 6.07) is 10.7. The number of hydrogen-bond donors (Lipinski definition) is 1. The van der Waals surface area contributed by atoms with E-state index in [1.165, 1.54) is 17.7 Å². The van der Waals surface area contributed by atoms with Crippen molar-refractivity contribution in [2.24, 2.45) is 0 Å². The molecule has 3 aromatic rings. The van der Waals surface area contributed by atoms with Gasteiger partial charge in [-0.05, 0) is 49.0 Å². The molecule has 1 N–H and O–H groups in total. The molecule has 0 radical (unpaired) electrons. The molecule has 0 aliphatic carbocycles. The Morgan fingerprint density at radius 1 is 1.14 bits per heavy atom. The van der Waals surface area contributed by atoms with Gasteiger partial charge in [-0.2, -0.15) is 0 Å². The molecule has 5 heteroatoms. The Kier molecular flexibility index (Phi) is 3.29. The summed E-state index contributed by atoms with van der Waals surface area (Å²) in [5, 5.41) is 0. The number of fused-ring (bicyclic) bond motifs is 1. The first kappa shape index (κ1) is 13.8. The summed E-state index contributed by atoms with van der Waals surface area (Å²) in [4.78, 5) is 5.17. The summed E-state index contributed by atoms with van der Waals surface area (Å²) in [5.74, 6) is -0.273. The number of imidazole rings is 1. The van der Waals surface area contributed by atoms with Gasteiger partial charge in [0.15, 0.2) is 4.77 Å². The Bertz CT molecular complexity index is 877. The van der Waals surface area contributed by atoms with Crippen molar-refractivity contribution >= 4 is 28.9 Å². The fourth-order valence-electron chi connectivity index (χ4n) is 2.55. The van der Waals surface area contributed by atoms with Crippen molar-refractivity contribution < 1.29 is 4.39 Å². The van der Waals surface area contributed by atoms with E-state index in [2.05, 4.69) is 22.9 Å². The van der Waals surface area contributed by atoms with E-state index in [1.807, 2.05) is 30.8 Å². The monoisotopic (exact) mass is 301 g/mol. The van der Waals surface area contributed by atoms with E-state index < -0.39 is 0 Å². The zero-order valence-corrected chi connectivity index (χ0v) is 13.0. The topological polar surface area (TPSA) is 24.0 Å². The molecule has 0 aliphatic rings. The molecule has 0 spiro atoms. The van der Waals surface area contributed by atoms with Crippen LogP contribution in [0.4, 0.5) is 10.1 Å². The van der Waals surface area contributed by atoms with E-state index in [0.717, 1.165) is 22.4 Å². The number of aryl methyl sites for hydroxylation is 1. The standard InChI is InChI=1S/C16H16FN3S/c1-10-4-6-12(9-14(10)19(2)3)20-15-8-11(17)5-7-13(15)18-16(20)21/h4-9H,1-3H3,(H,18,21). The smallest absolute Gasteiger partial charge is 0.182 e. The molecular formula is C16H16FN3S. The second-order valence-corrected chi connectivity index (χ2v) is 5.68. The zero-order chi connectivity index (χ0) is 15.1. The van der Waals surface area contributed by atoms with Crippen LogP contribution in [0.2, 0.25) is 0 Å². The molecule has 2 aromatic carbocycles. The summed E-state index contributed by atoms with van der Waals surface area (Å²) < 4.78 is 16.0. The summed E-state index contributed by atoms with van der Waals surface area (Å²) in [6.07, 6.45) is 0. The molecule has 21 heavy (non-hydrogen) atoms. The van der Waals surface area contributed by atoms with Gasteiger partial charge in [0.05, 0.1) is 16.7 Å². The normalized spacial score (nSPS) is 11.0. The van der Waals surface area contributed by atoms with E-state index in [4.69, 9.17) is 12.2 Å². The molecule has 108 valence electrons. The maximum atomic E-state index is 13.5. The fourth-order valence-corrected chi connectivity index (χ4v) is 2.86. The van der Waals surface area contributed by atoms with Crippen LogP contribution in [0.15, 0.2) is 36.4 Å². The lowest BCUT2D eigenvalue weighted by atomic mass is 10.1. The Morgan fingerprint density at radius 2 is 1.90 bits per heavy atom. The Labute approximate surface area is 127 Å². The molecule has 0 saturated carbocycles. The molecule has 0 atom stereocenters. The molecule has 0 aliphatic heterocycles. The lowest BCUT2D eigenvalue weighted by molar-refractivity contribution is 0.629. The van der Waals surface area contributed by atoms with Crippen LogP contribution in [-0.2, 0) is 0 Å². The van der Waals surface area contributed by atoms with Gasteiger partial charge in [-0.1, -0.05) is 6.07 Å².